The van der Waals surface area contributed by atoms with Gasteiger partial charge in [-0.1, -0.05) is 11.6 Å². The van der Waals surface area contributed by atoms with Crippen LogP contribution in [0.2, 0.25) is 5.02 Å². The first-order valence-electron chi connectivity index (χ1n) is 7.40. The quantitative estimate of drug-likeness (QED) is 0.687. The van der Waals surface area contributed by atoms with E-state index in [1.807, 2.05) is 0 Å². The number of hydrogen-bond acceptors (Lipinski definition) is 7. The van der Waals surface area contributed by atoms with Crippen molar-refractivity contribution in [1.29, 1.82) is 0 Å². The lowest BCUT2D eigenvalue weighted by molar-refractivity contribution is -0.144. The molecule has 1 saturated heterocycles. The second kappa shape index (κ2) is 8.77. The van der Waals surface area contributed by atoms with Crippen molar-refractivity contribution < 1.29 is 27.5 Å². The van der Waals surface area contributed by atoms with Crippen LogP contribution in [-0.4, -0.2) is 56.5 Å². The highest BCUT2D eigenvalue weighted by Crippen LogP contribution is 2.27. The summed E-state index contributed by atoms with van der Waals surface area (Å²) in [6.45, 7) is -0.425. The molecule has 0 unspecified atom stereocenters. The molecule has 0 spiro atoms. The fraction of sp³-hybridized carbons (Fsp3) is 0.467. The molecule has 1 atom stereocenters. The van der Waals surface area contributed by atoms with Crippen molar-refractivity contribution in [3.8, 4) is 5.75 Å². The molecular formula is C15H18ClNO6S2. The molecule has 2 rings (SSSR count). The first-order valence-corrected chi connectivity index (χ1v) is 10.6. The van der Waals surface area contributed by atoms with Gasteiger partial charge in [0.15, 0.2) is 16.4 Å². The predicted octanol–water partition coefficient (Wildman–Crippen LogP) is 1.75. The maximum Gasteiger partial charge on any atom is 0.316 e. The number of hydrogen-bond donors (Lipinski definition) is 1. The molecule has 1 amide bonds. The summed E-state index contributed by atoms with van der Waals surface area (Å²) in [6.07, 6.45) is 0.541. The molecule has 1 N–H and O–H groups in total. The molecule has 0 saturated carbocycles. The van der Waals surface area contributed by atoms with Crippen LogP contribution in [0.1, 0.15) is 6.42 Å². The molecule has 10 heteroatoms. The molecule has 7 nitrogen and oxygen atoms in total. The molecule has 0 aliphatic carbocycles. The van der Waals surface area contributed by atoms with Crippen molar-refractivity contribution in [3.63, 3.8) is 0 Å². The van der Waals surface area contributed by atoms with Gasteiger partial charge < -0.3 is 14.8 Å². The topological polar surface area (TPSA) is 98.8 Å². The number of ether oxygens (including phenoxy) is 2. The second-order valence-electron chi connectivity index (χ2n) is 5.39. The Morgan fingerprint density at radius 1 is 1.40 bits per heavy atom. The molecule has 25 heavy (non-hydrogen) atoms. The lowest BCUT2D eigenvalue weighted by Gasteiger charge is -2.09. The Labute approximate surface area is 155 Å². The highest BCUT2D eigenvalue weighted by molar-refractivity contribution is 8.02. The van der Waals surface area contributed by atoms with Crippen molar-refractivity contribution >= 4 is 50.8 Å². The molecule has 1 aliphatic heterocycles. The Bertz CT molecular complexity index is 752. The molecule has 1 heterocycles. The number of esters is 1. The first-order chi connectivity index (χ1) is 11.8. The van der Waals surface area contributed by atoms with Gasteiger partial charge in [-0.3, -0.25) is 9.59 Å². The summed E-state index contributed by atoms with van der Waals surface area (Å²) in [7, 11) is -1.49. The third-order valence-electron chi connectivity index (χ3n) is 3.43. The maximum absolute atomic E-state index is 11.8. The Morgan fingerprint density at radius 3 is 2.76 bits per heavy atom. The second-order valence-corrected chi connectivity index (χ2v) is 9.32. The van der Waals surface area contributed by atoms with Gasteiger partial charge in [0.25, 0.3) is 5.91 Å². The van der Waals surface area contributed by atoms with Crippen LogP contribution in [0.4, 0.5) is 5.69 Å². The molecule has 1 aromatic rings. The smallest absolute Gasteiger partial charge is 0.316 e. The van der Waals surface area contributed by atoms with Crippen LogP contribution < -0.4 is 10.1 Å². The highest BCUT2D eigenvalue weighted by Gasteiger charge is 2.28. The van der Waals surface area contributed by atoms with Crippen molar-refractivity contribution in [1.82, 2.24) is 0 Å². The summed E-state index contributed by atoms with van der Waals surface area (Å²) in [5, 5.41) is 2.81. The van der Waals surface area contributed by atoms with Crippen LogP contribution in [0.25, 0.3) is 0 Å². The predicted molar refractivity (Wildman–Crippen MR) is 97.1 cm³/mol. The Kier molecular flexibility index (Phi) is 6.97. The lowest BCUT2D eigenvalue weighted by Crippen LogP contribution is -2.22. The van der Waals surface area contributed by atoms with E-state index >= 15 is 0 Å². The van der Waals surface area contributed by atoms with Crippen LogP contribution in [0.5, 0.6) is 5.75 Å². The summed E-state index contributed by atoms with van der Waals surface area (Å²) < 4.78 is 32.6. The highest BCUT2D eigenvalue weighted by atomic mass is 35.5. The third kappa shape index (κ3) is 6.41. The minimum atomic E-state index is -2.97. The summed E-state index contributed by atoms with van der Waals surface area (Å²) in [4.78, 5) is 23.4. The average Bonchev–Trinajstić information content (AvgIpc) is 2.90. The van der Waals surface area contributed by atoms with Crippen molar-refractivity contribution in [2.24, 2.45) is 0 Å². The standard InChI is InChI=1S/C15H18ClNO6S2/c1-22-13-3-2-10(6-12(13)16)17-14(18)7-23-15(19)8-24-11-4-5-25(20,21)9-11/h2-3,6,11H,4-5,7-9H2,1H3,(H,17,18)/t11-/m0/s1. The molecule has 0 bridgehead atoms. The number of carbonyl (C=O) groups is 2. The molecular weight excluding hydrogens is 390 g/mol. The zero-order valence-corrected chi connectivity index (χ0v) is 15.9. The normalized spacial score (nSPS) is 18.6. The van der Waals surface area contributed by atoms with E-state index in [-0.39, 0.29) is 22.5 Å². The SMILES string of the molecule is COc1ccc(NC(=O)COC(=O)CS[C@H]2CCS(=O)(=O)C2)cc1Cl. The Morgan fingerprint density at radius 2 is 2.16 bits per heavy atom. The third-order valence-corrected chi connectivity index (χ3v) is 6.98. The number of nitrogens with one attached hydrogen (secondary N) is 1. The minimum Gasteiger partial charge on any atom is -0.495 e. The molecule has 1 aromatic carbocycles. The van der Waals surface area contributed by atoms with E-state index in [1.165, 1.54) is 24.9 Å². The fourth-order valence-electron chi connectivity index (χ4n) is 2.21. The zero-order valence-electron chi connectivity index (χ0n) is 13.5. The number of benzene rings is 1. The molecule has 0 radical (unpaired) electrons. The van der Waals surface area contributed by atoms with E-state index in [0.29, 0.717) is 22.9 Å². The number of amides is 1. The van der Waals surface area contributed by atoms with Gasteiger partial charge in [0.05, 0.1) is 29.4 Å². The van der Waals surface area contributed by atoms with Crippen LogP contribution in [0.3, 0.4) is 0 Å². The number of thioether (sulfide) groups is 1. The van der Waals surface area contributed by atoms with Gasteiger partial charge >= 0.3 is 5.97 Å². The molecule has 1 aliphatic rings. The minimum absolute atomic E-state index is 0.0157. The van der Waals surface area contributed by atoms with Gasteiger partial charge in [0.2, 0.25) is 0 Å². The van der Waals surface area contributed by atoms with Gasteiger partial charge in [-0.25, -0.2) is 8.42 Å². The molecule has 138 valence electrons. The van der Waals surface area contributed by atoms with Crippen LogP contribution >= 0.6 is 23.4 Å². The first kappa shape index (κ1) is 19.9. The van der Waals surface area contributed by atoms with Crippen molar-refractivity contribution in [2.45, 2.75) is 11.7 Å². The Balaban J connectivity index is 1.70. The van der Waals surface area contributed by atoms with Crippen LogP contribution in [0.15, 0.2) is 18.2 Å². The fourth-order valence-corrected chi connectivity index (χ4v) is 5.90. The summed E-state index contributed by atoms with van der Waals surface area (Å²) >= 11 is 7.20. The van der Waals surface area contributed by atoms with E-state index in [9.17, 15) is 18.0 Å². The summed E-state index contributed by atoms with van der Waals surface area (Å²) in [5.41, 5.74) is 0.456. The van der Waals surface area contributed by atoms with E-state index in [2.05, 4.69) is 5.32 Å². The number of halogens is 1. The molecule has 0 aromatic heterocycles. The van der Waals surface area contributed by atoms with Gasteiger partial charge in [0, 0.05) is 10.9 Å². The van der Waals surface area contributed by atoms with E-state index < -0.39 is 28.3 Å². The van der Waals surface area contributed by atoms with Gasteiger partial charge in [-0.15, -0.1) is 11.8 Å². The van der Waals surface area contributed by atoms with Crippen molar-refractivity contribution in [2.75, 3.05) is 36.3 Å². The summed E-state index contributed by atoms with van der Waals surface area (Å²) in [5.74, 6) is -0.310. The molecule has 1 fully saturated rings. The monoisotopic (exact) mass is 407 g/mol. The Hall–Kier alpha value is -1.45. The van der Waals surface area contributed by atoms with Gasteiger partial charge in [-0.2, -0.15) is 0 Å². The summed E-state index contributed by atoms with van der Waals surface area (Å²) in [6, 6.07) is 4.74. The van der Waals surface area contributed by atoms with Crippen LogP contribution in [0, 0.1) is 0 Å². The van der Waals surface area contributed by atoms with Gasteiger partial charge in [-0.05, 0) is 24.6 Å². The lowest BCUT2D eigenvalue weighted by atomic mass is 10.3. The number of methoxy groups -OCH3 is 1. The number of rotatable bonds is 7. The van der Waals surface area contributed by atoms with Gasteiger partial charge in [0.1, 0.15) is 5.75 Å². The average molecular weight is 408 g/mol. The zero-order chi connectivity index (χ0) is 18.4. The van der Waals surface area contributed by atoms with E-state index in [0.717, 1.165) is 0 Å². The van der Waals surface area contributed by atoms with E-state index in [4.69, 9.17) is 21.1 Å². The maximum atomic E-state index is 11.8. The van der Waals surface area contributed by atoms with Crippen LogP contribution in [-0.2, 0) is 24.2 Å². The number of sulfone groups is 1. The largest absolute Gasteiger partial charge is 0.495 e. The van der Waals surface area contributed by atoms with Crippen molar-refractivity contribution in [3.05, 3.63) is 23.2 Å². The number of anilines is 1. The number of carbonyl (C=O) groups excluding carboxylic acids is 2. The van der Waals surface area contributed by atoms with E-state index in [1.54, 1.807) is 12.1 Å².